The quantitative estimate of drug-likeness (QED) is 0.690. The molecule has 0 aromatic rings. The summed E-state index contributed by atoms with van der Waals surface area (Å²) in [5, 5.41) is 2.84. The third-order valence-corrected chi connectivity index (χ3v) is 3.85. The molecule has 1 N–H and O–H groups in total. The van der Waals surface area contributed by atoms with Crippen molar-refractivity contribution in [1.82, 2.24) is 10.2 Å². The summed E-state index contributed by atoms with van der Waals surface area (Å²) in [5.74, 6) is -0.0104. The molecular weight excluding hydrogens is 256 g/mol. The molecule has 1 fully saturated rings. The Morgan fingerprint density at radius 1 is 1.25 bits per heavy atom. The summed E-state index contributed by atoms with van der Waals surface area (Å²) in [6.45, 7) is 8.50. The number of rotatable bonds is 8. The second-order valence-corrected chi connectivity index (χ2v) is 5.60. The van der Waals surface area contributed by atoms with Crippen molar-refractivity contribution in [3.05, 3.63) is 0 Å². The monoisotopic (exact) mass is 284 g/mol. The highest BCUT2D eigenvalue weighted by Crippen LogP contribution is 2.17. The zero-order chi connectivity index (χ0) is 15.0. The van der Waals surface area contributed by atoms with E-state index in [-0.39, 0.29) is 11.8 Å². The second-order valence-electron chi connectivity index (χ2n) is 5.60. The van der Waals surface area contributed by atoms with Gasteiger partial charge in [-0.3, -0.25) is 9.59 Å². The van der Waals surface area contributed by atoms with Crippen LogP contribution < -0.4 is 5.32 Å². The molecule has 1 heterocycles. The number of hydrogen-bond acceptors (Lipinski definition) is 3. The Bertz CT molecular complexity index is 333. The molecule has 20 heavy (non-hydrogen) atoms. The van der Waals surface area contributed by atoms with Gasteiger partial charge in [0.1, 0.15) is 5.54 Å². The van der Waals surface area contributed by atoms with E-state index in [1.54, 1.807) is 4.90 Å². The maximum Gasteiger partial charge on any atom is 0.248 e. The van der Waals surface area contributed by atoms with Gasteiger partial charge in [-0.1, -0.05) is 20.3 Å². The van der Waals surface area contributed by atoms with E-state index in [0.717, 1.165) is 25.9 Å². The van der Waals surface area contributed by atoms with Crippen LogP contribution in [0.25, 0.3) is 0 Å². The molecule has 0 radical (unpaired) electrons. The maximum atomic E-state index is 12.5. The molecule has 1 aliphatic heterocycles. The van der Waals surface area contributed by atoms with Crippen LogP contribution in [-0.4, -0.2) is 48.6 Å². The number of carbonyl (C=O) groups excluding carboxylic acids is 2. The molecule has 116 valence electrons. The van der Waals surface area contributed by atoms with Crippen molar-refractivity contribution in [2.75, 3.05) is 26.3 Å². The average Bonchev–Trinajstić information content (AvgIpc) is 2.54. The summed E-state index contributed by atoms with van der Waals surface area (Å²) >= 11 is 0. The Kier molecular flexibility index (Phi) is 6.99. The fourth-order valence-corrected chi connectivity index (χ4v) is 2.27. The van der Waals surface area contributed by atoms with Crippen LogP contribution in [0.2, 0.25) is 0 Å². The molecule has 0 aliphatic carbocycles. The lowest BCUT2D eigenvalue weighted by atomic mass is 9.97. The Balaban J connectivity index is 2.43. The molecule has 0 aromatic heterocycles. The van der Waals surface area contributed by atoms with Crippen LogP contribution in [0.3, 0.4) is 0 Å². The second kappa shape index (κ2) is 8.25. The van der Waals surface area contributed by atoms with E-state index in [4.69, 9.17) is 4.74 Å². The summed E-state index contributed by atoms with van der Waals surface area (Å²) < 4.78 is 5.51. The number of nitrogens with one attached hydrogen (secondary N) is 1. The lowest BCUT2D eigenvalue weighted by Crippen LogP contribution is -2.54. The summed E-state index contributed by atoms with van der Waals surface area (Å²) in [6.07, 6.45) is 4.03. The van der Waals surface area contributed by atoms with Gasteiger partial charge in [-0.2, -0.15) is 0 Å². The lowest BCUT2D eigenvalue weighted by Gasteiger charge is -2.31. The SMILES string of the molecule is CCCCOCCCN1CCC(=O)NC(C)(CC)C1=O. The van der Waals surface area contributed by atoms with E-state index in [2.05, 4.69) is 12.2 Å². The number of nitrogens with zero attached hydrogens (tertiary/aromatic N) is 1. The van der Waals surface area contributed by atoms with E-state index in [1.165, 1.54) is 0 Å². The highest BCUT2D eigenvalue weighted by Gasteiger charge is 2.38. The average molecular weight is 284 g/mol. The molecule has 1 aliphatic rings. The minimum absolute atomic E-state index is 0.0272. The fraction of sp³-hybridized carbons (Fsp3) is 0.867. The number of unbranched alkanes of at least 4 members (excludes halogenated alkanes) is 1. The minimum Gasteiger partial charge on any atom is -0.381 e. The van der Waals surface area contributed by atoms with Crippen LogP contribution in [0.1, 0.15) is 52.9 Å². The minimum atomic E-state index is -0.753. The molecule has 1 atom stereocenters. The van der Waals surface area contributed by atoms with Gasteiger partial charge < -0.3 is 15.0 Å². The highest BCUT2D eigenvalue weighted by molar-refractivity contribution is 5.93. The van der Waals surface area contributed by atoms with Crippen LogP contribution in [0, 0.1) is 0 Å². The number of hydrogen-bond donors (Lipinski definition) is 1. The third kappa shape index (κ3) is 4.78. The Morgan fingerprint density at radius 2 is 1.95 bits per heavy atom. The van der Waals surface area contributed by atoms with E-state index in [9.17, 15) is 9.59 Å². The molecular formula is C15H28N2O3. The Labute approximate surface area is 122 Å². The lowest BCUT2D eigenvalue weighted by molar-refractivity contribution is -0.138. The molecule has 1 unspecified atom stereocenters. The maximum absolute atomic E-state index is 12.5. The summed E-state index contributed by atoms with van der Waals surface area (Å²) in [5.41, 5.74) is -0.753. The fourth-order valence-electron chi connectivity index (χ4n) is 2.27. The van der Waals surface area contributed by atoms with Gasteiger partial charge in [0.05, 0.1) is 0 Å². The summed E-state index contributed by atoms with van der Waals surface area (Å²) in [4.78, 5) is 26.0. The molecule has 0 spiro atoms. The Hall–Kier alpha value is -1.10. The van der Waals surface area contributed by atoms with Crippen LogP contribution in [-0.2, 0) is 14.3 Å². The Morgan fingerprint density at radius 3 is 2.60 bits per heavy atom. The van der Waals surface area contributed by atoms with Gasteiger partial charge in [-0.15, -0.1) is 0 Å². The van der Waals surface area contributed by atoms with Gasteiger partial charge in [0.25, 0.3) is 0 Å². The van der Waals surface area contributed by atoms with Crippen LogP contribution >= 0.6 is 0 Å². The number of ether oxygens (including phenoxy) is 1. The normalized spacial score (nSPS) is 23.6. The van der Waals surface area contributed by atoms with Crippen molar-refractivity contribution in [3.8, 4) is 0 Å². The molecule has 0 bridgehead atoms. The predicted molar refractivity (Wildman–Crippen MR) is 78.4 cm³/mol. The van der Waals surface area contributed by atoms with E-state index in [0.29, 0.717) is 32.5 Å². The zero-order valence-electron chi connectivity index (χ0n) is 13.0. The van der Waals surface area contributed by atoms with Crippen molar-refractivity contribution in [2.24, 2.45) is 0 Å². The van der Waals surface area contributed by atoms with E-state index in [1.807, 2.05) is 13.8 Å². The van der Waals surface area contributed by atoms with Crippen molar-refractivity contribution in [3.63, 3.8) is 0 Å². The third-order valence-electron chi connectivity index (χ3n) is 3.85. The molecule has 0 aromatic carbocycles. The molecule has 0 saturated carbocycles. The van der Waals surface area contributed by atoms with Crippen molar-refractivity contribution < 1.29 is 14.3 Å². The standard InChI is InChI=1S/C15H28N2O3/c1-4-6-11-20-12-7-9-17-10-8-13(18)16-15(3,5-2)14(17)19/h4-12H2,1-3H3,(H,16,18). The molecule has 5 nitrogen and oxygen atoms in total. The largest absolute Gasteiger partial charge is 0.381 e. The van der Waals surface area contributed by atoms with Crippen molar-refractivity contribution >= 4 is 11.8 Å². The number of carbonyl (C=O) groups is 2. The molecule has 1 saturated heterocycles. The van der Waals surface area contributed by atoms with Crippen molar-refractivity contribution in [1.29, 1.82) is 0 Å². The predicted octanol–water partition coefficient (Wildman–Crippen LogP) is 1.71. The van der Waals surface area contributed by atoms with Crippen molar-refractivity contribution in [2.45, 2.75) is 58.4 Å². The first-order valence-electron chi connectivity index (χ1n) is 7.71. The van der Waals surface area contributed by atoms with Gasteiger partial charge in [-0.05, 0) is 26.2 Å². The van der Waals surface area contributed by atoms with Gasteiger partial charge in [0.15, 0.2) is 0 Å². The van der Waals surface area contributed by atoms with Crippen LogP contribution in [0.4, 0.5) is 0 Å². The smallest absolute Gasteiger partial charge is 0.248 e. The topological polar surface area (TPSA) is 58.6 Å². The van der Waals surface area contributed by atoms with E-state index < -0.39 is 5.54 Å². The first kappa shape index (κ1) is 17.0. The van der Waals surface area contributed by atoms with Crippen LogP contribution in [0.15, 0.2) is 0 Å². The van der Waals surface area contributed by atoms with Gasteiger partial charge in [-0.25, -0.2) is 0 Å². The number of amides is 2. The van der Waals surface area contributed by atoms with Gasteiger partial charge >= 0.3 is 0 Å². The summed E-state index contributed by atoms with van der Waals surface area (Å²) in [6, 6.07) is 0. The molecule has 5 heteroatoms. The molecule has 2 amide bonds. The van der Waals surface area contributed by atoms with Gasteiger partial charge in [0, 0.05) is 32.7 Å². The van der Waals surface area contributed by atoms with E-state index >= 15 is 0 Å². The first-order chi connectivity index (χ1) is 9.53. The first-order valence-corrected chi connectivity index (χ1v) is 7.71. The zero-order valence-corrected chi connectivity index (χ0v) is 13.0. The summed E-state index contributed by atoms with van der Waals surface area (Å²) in [7, 11) is 0. The van der Waals surface area contributed by atoms with Gasteiger partial charge in [0.2, 0.25) is 11.8 Å². The van der Waals surface area contributed by atoms with Crippen LogP contribution in [0.5, 0.6) is 0 Å². The highest BCUT2D eigenvalue weighted by atomic mass is 16.5. The molecule has 1 rings (SSSR count).